The quantitative estimate of drug-likeness (QED) is 0.285. The molecule has 1 saturated carbocycles. The Labute approximate surface area is 94.0 Å². The number of aldehydes is 1. The summed E-state index contributed by atoms with van der Waals surface area (Å²) < 4.78 is 14.5. The summed E-state index contributed by atoms with van der Waals surface area (Å²) in [6.07, 6.45) is 3.64. The molecule has 1 fully saturated rings. The van der Waals surface area contributed by atoms with E-state index in [1.165, 1.54) is 0 Å². The second kappa shape index (κ2) is 6.99. The first-order valence-electron chi connectivity index (χ1n) is 5.15. The van der Waals surface area contributed by atoms with Gasteiger partial charge in [0.2, 0.25) is 6.29 Å². The van der Waals surface area contributed by atoms with Gasteiger partial charge >= 0.3 is 5.97 Å². The second-order valence-corrected chi connectivity index (χ2v) is 3.25. The highest BCUT2D eigenvalue weighted by Gasteiger charge is 2.31. The molecule has 0 aromatic carbocycles. The first-order valence-corrected chi connectivity index (χ1v) is 5.15. The largest absolute Gasteiger partial charge is 0.372 e. The van der Waals surface area contributed by atoms with E-state index in [1.807, 2.05) is 0 Å². The van der Waals surface area contributed by atoms with Gasteiger partial charge in [0.05, 0.1) is 5.92 Å². The van der Waals surface area contributed by atoms with Gasteiger partial charge in [-0.3, -0.25) is 9.59 Å². The van der Waals surface area contributed by atoms with Crippen molar-refractivity contribution in [2.24, 2.45) is 5.92 Å². The third-order valence-corrected chi connectivity index (χ3v) is 1.90. The zero-order valence-corrected chi connectivity index (χ0v) is 9.10. The van der Waals surface area contributed by atoms with Gasteiger partial charge in [0, 0.05) is 6.61 Å². The van der Waals surface area contributed by atoms with Crippen LogP contribution in [-0.4, -0.2) is 31.8 Å². The first kappa shape index (κ1) is 12.7. The molecule has 5 nitrogen and oxygen atoms in total. The van der Waals surface area contributed by atoms with Gasteiger partial charge in [0.15, 0.2) is 6.29 Å². The van der Waals surface area contributed by atoms with E-state index >= 15 is 0 Å². The van der Waals surface area contributed by atoms with Crippen molar-refractivity contribution in [1.29, 1.82) is 0 Å². The van der Waals surface area contributed by atoms with Gasteiger partial charge in [-0.15, -0.1) is 0 Å². The van der Waals surface area contributed by atoms with Gasteiger partial charge in [-0.25, -0.2) is 0 Å². The fourth-order valence-corrected chi connectivity index (χ4v) is 0.933. The maximum atomic E-state index is 11.0. The summed E-state index contributed by atoms with van der Waals surface area (Å²) in [5, 5.41) is 0. The number of esters is 1. The summed E-state index contributed by atoms with van der Waals surface area (Å²) >= 11 is 0. The van der Waals surface area contributed by atoms with Crippen molar-refractivity contribution in [3.63, 3.8) is 0 Å². The molecule has 0 aliphatic heterocycles. The van der Waals surface area contributed by atoms with Gasteiger partial charge in [-0.2, -0.15) is 0 Å². The van der Waals surface area contributed by atoms with Gasteiger partial charge in [0.25, 0.3) is 0 Å². The van der Waals surface area contributed by atoms with Crippen LogP contribution < -0.4 is 0 Å². The van der Waals surface area contributed by atoms with E-state index < -0.39 is 6.29 Å². The molecule has 0 N–H and O–H groups in total. The summed E-state index contributed by atoms with van der Waals surface area (Å²) in [5.41, 5.74) is 0. The van der Waals surface area contributed by atoms with Crippen LogP contribution in [0.5, 0.6) is 0 Å². The third-order valence-electron chi connectivity index (χ3n) is 1.90. The Hall–Kier alpha value is -1.38. The van der Waals surface area contributed by atoms with E-state index in [4.69, 9.17) is 9.47 Å². The maximum Gasteiger partial charge on any atom is 0.322 e. The molecule has 5 heteroatoms. The Morgan fingerprint density at radius 3 is 2.81 bits per heavy atom. The summed E-state index contributed by atoms with van der Waals surface area (Å²) in [4.78, 5) is 21.4. The van der Waals surface area contributed by atoms with Crippen LogP contribution in [0.1, 0.15) is 19.8 Å². The van der Waals surface area contributed by atoms with Crippen LogP contribution in [0.4, 0.5) is 0 Å². The van der Waals surface area contributed by atoms with Gasteiger partial charge in [-0.1, -0.05) is 0 Å². The second-order valence-electron chi connectivity index (χ2n) is 3.25. The maximum absolute atomic E-state index is 11.0. The summed E-state index contributed by atoms with van der Waals surface area (Å²) in [6, 6.07) is 0. The molecule has 0 amide bonds. The third kappa shape index (κ3) is 4.91. The van der Waals surface area contributed by atoms with Gasteiger partial charge in [0.1, 0.15) is 12.7 Å². The fraction of sp³-hybridized carbons (Fsp3) is 0.636. The van der Waals surface area contributed by atoms with E-state index in [0.717, 1.165) is 12.8 Å². The molecule has 0 heterocycles. The minimum absolute atomic E-state index is 0.0125. The van der Waals surface area contributed by atoms with Crippen molar-refractivity contribution in [3.05, 3.63) is 0 Å². The first-order chi connectivity index (χ1) is 7.77. The lowest BCUT2D eigenvalue weighted by atomic mass is 10.4. The molecule has 1 aliphatic rings. The minimum Gasteiger partial charge on any atom is -0.372 e. The van der Waals surface area contributed by atoms with Crippen molar-refractivity contribution in [1.82, 2.24) is 0 Å². The Morgan fingerprint density at radius 2 is 2.25 bits per heavy atom. The molecule has 0 radical (unpaired) electrons. The minimum atomic E-state index is -0.904. The van der Waals surface area contributed by atoms with Crippen LogP contribution in [0.3, 0.4) is 0 Å². The molecule has 1 aliphatic carbocycles. The Balaban J connectivity index is 2.10. The normalized spacial score (nSPS) is 15.8. The molecule has 88 valence electrons. The van der Waals surface area contributed by atoms with Gasteiger partial charge < -0.3 is 14.2 Å². The number of hydrogen-bond donors (Lipinski definition) is 0. The molecule has 1 unspecified atom stereocenters. The van der Waals surface area contributed by atoms with Crippen molar-refractivity contribution >= 4 is 12.3 Å². The van der Waals surface area contributed by atoms with Crippen molar-refractivity contribution in [2.45, 2.75) is 26.1 Å². The zero-order valence-electron chi connectivity index (χ0n) is 9.10. The number of carbonyl (C=O) groups excluding carboxylic acids is 2. The molecule has 1 rings (SSSR count). The number of hydrogen-bond acceptors (Lipinski definition) is 5. The van der Waals surface area contributed by atoms with E-state index in [2.05, 4.69) is 16.8 Å². The summed E-state index contributed by atoms with van der Waals surface area (Å²) in [7, 11) is 0. The average Bonchev–Trinajstić information content (AvgIpc) is 3.10. The highest BCUT2D eigenvalue weighted by molar-refractivity contribution is 5.75. The monoisotopic (exact) mass is 226 g/mol. The molecule has 1 atom stereocenters. The summed E-state index contributed by atoms with van der Waals surface area (Å²) in [6.45, 7) is 2.12. The molecule has 0 saturated heterocycles. The van der Waals surface area contributed by atoms with Crippen LogP contribution in [0.25, 0.3) is 0 Å². The van der Waals surface area contributed by atoms with Crippen LogP contribution in [0.15, 0.2) is 0 Å². The van der Waals surface area contributed by atoms with Crippen molar-refractivity contribution in [3.8, 4) is 12.0 Å². The predicted octanol–water partition coefficient (Wildman–Crippen LogP) is 0.479. The van der Waals surface area contributed by atoms with Crippen molar-refractivity contribution < 1.29 is 23.8 Å². The highest BCUT2D eigenvalue weighted by atomic mass is 16.7. The predicted molar refractivity (Wildman–Crippen MR) is 54.0 cm³/mol. The molecule has 16 heavy (non-hydrogen) atoms. The molecule has 0 aromatic rings. The summed E-state index contributed by atoms with van der Waals surface area (Å²) in [5.74, 6) is 2.21. The van der Waals surface area contributed by atoms with Crippen LogP contribution in [0, 0.1) is 17.9 Å². The Bertz CT molecular complexity index is 297. The van der Waals surface area contributed by atoms with Crippen molar-refractivity contribution in [2.75, 3.05) is 13.2 Å². The smallest absolute Gasteiger partial charge is 0.322 e. The van der Waals surface area contributed by atoms with E-state index in [0.29, 0.717) is 12.9 Å². The van der Waals surface area contributed by atoms with E-state index in [9.17, 15) is 9.59 Å². The Kier molecular flexibility index (Phi) is 5.54. The van der Waals surface area contributed by atoms with Gasteiger partial charge in [-0.05, 0) is 25.7 Å². The standard InChI is InChI=1S/C11H14O5/c1-2-14-10(8-12)15-6-3-7-16-11(13)9-4-5-9/h8-10H,2,4-6H2,1H3. The molecular weight excluding hydrogens is 212 g/mol. The van der Waals surface area contributed by atoms with Crippen LogP contribution in [0.2, 0.25) is 0 Å². The number of ether oxygens (including phenoxy) is 3. The lowest BCUT2D eigenvalue weighted by molar-refractivity contribution is -0.152. The number of rotatable bonds is 6. The van der Waals surface area contributed by atoms with E-state index in [-0.39, 0.29) is 18.5 Å². The molecule has 0 aromatic heterocycles. The molecular formula is C11H14O5. The van der Waals surface area contributed by atoms with Crippen LogP contribution >= 0.6 is 0 Å². The lowest BCUT2D eigenvalue weighted by Gasteiger charge is -2.07. The lowest BCUT2D eigenvalue weighted by Crippen LogP contribution is -2.18. The topological polar surface area (TPSA) is 61.8 Å². The van der Waals surface area contributed by atoms with Crippen LogP contribution in [-0.2, 0) is 23.8 Å². The Morgan fingerprint density at radius 1 is 1.50 bits per heavy atom. The van der Waals surface area contributed by atoms with E-state index in [1.54, 1.807) is 6.92 Å². The SMILES string of the molecule is CCOC(C=O)OCC#COC(=O)C1CC1. The fourth-order valence-electron chi connectivity index (χ4n) is 0.933. The average molecular weight is 226 g/mol. The highest BCUT2D eigenvalue weighted by Crippen LogP contribution is 2.29. The molecule has 0 bridgehead atoms. The number of carbonyl (C=O) groups is 2. The molecule has 0 spiro atoms. The zero-order chi connectivity index (χ0) is 11.8.